The third-order valence-corrected chi connectivity index (χ3v) is 4.01. The highest BCUT2D eigenvalue weighted by atomic mass is 79.9. The molecule has 1 fully saturated rings. The van der Waals surface area contributed by atoms with Gasteiger partial charge < -0.3 is 9.47 Å². The van der Waals surface area contributed by atoms with Crippen LogP contribution in [0.1, 0.15) is 18.4 Å². The number of rotatable bonds is 5. The average molecular weight is 354 g/mol. The van der Waals surface area contributed by atoms with Gasteiger partial charge in [0.2, 0.25) is 0 Å². The monoisotopic (exact) mass is 353 g/mol. The molecule has 0 bridgehead atoms. The summed E-state index contributed by atoms with van der Waals surface area (Å²) in [6.45, 7) is 0.123. The van der Waals surface area contributed by atoms with Crippen molar-refractivity contribution < 1.29 is 22.6 Å². The van der Waals surface area contributed by atoms with Crippen molar-refractivity contribution in [3.8, 4) is 11.5 Å². The van der Waals surface area contributed by atoms with Gasteiger partial charge in [0.1, 0.15) is 5.54 Å². The van der Waals surface area contributed by atoms with E-state index in [4.69, 9.17) is 9.47 Å². The van der Waals surface area contributed by atoms with Gasteiger partial charge in [-0.1, -0.05) is 0 Å². The number of methoxy groups -OCH3 is 2. The quantitative estimate of drug-likeness (QED) is 0.876. The van der Waals surface area contributed by atoms with Crippen molar-refractivity contribution in [2.45, 2.75) is 31.1 Å². The van der Waals surface area contributed by atoms with Crippen LogP contribution >= 0.6 is 15.9 Å². The Balaban J connectivity index is 2.13. The fourth-order valence-electron chi connectivity index (χ4n) is 2.03. The average Bonchev–Trinajstić information content (AvgIpc) is 3.16. The largest absolute Gasteiger partial charge is 0.493 e. The zero-order valence-corrected chi connectivity index (χ0v) is 12.7. The first-order valence-electron chi connectivity index (χ1n) is 6.05. The van der Waals surface area contributed by atoms with E-state index in [-0.39, 0.29) is 19.4 Å². The zero-order chi connectivity index (χ0) is 15.0. The smallest absolute Gasteiger partial charge is 0.406 e. The summed E-state index contributed by atoms with van der Waals surface area (Å²) in [7, 11) is 2.99. The number of hydrogen-bond donors (Lipinski definition) is 1. The molecular weight excluding hydrogens is 339 g/mol. The van der Waals surface area contributed by atoms with Crippen LogP contribution in [0.3, 0.4) is 0 Å². The molecule has 1 aliphatic rings. The van der Waals surface area contributed by atoms with E-state index in [1.165, 1.54) is 14.2 Å². The molecule has 1 saturated carbocycles. The number of nitrogens with one attached hydrogen (secondary N) is 1. The summed E-state index contributed by atoms with van der Waals surface area (Å²) in [5.41, 5.74) is -1.02. The van der Waals surface area contributed by atoms with E-state index in [2.05, 4.69) is 21.2 Å². The molecule has 1 aromatic carbocycles. The highest BCUT2D eigenvalue weighted by molar-refractivity contribution is 9.10. The van der Waals surface area contributed by atoms with Gasteiger partial charge in [0.05, 0.1) is 18.7 Å². The molecule has 1 aromatic rings. The fourth-order valence-corrected chi connectivity index (χ4v) is 2.68. The lowest BCUT2D eigenvalue weighted by atomic mass is 10.1. The minimum Gasteiger partial charge on any atom is -0.493 e. The summed E-state index contributed by atoms with van der Waals surface area (Å²) in [4.78, 5) is 0. The number of hydrogen-bond acceptors (Lipinski definition) is 3. The molecule has 3 nitrogen and oxygen atoms in total. The molecule has 0 heterocycles. The number of alkyl halides is 3. The topological polar surface area (TPSA) is 30.5 Å². The number of halogens is 4. The normalized spacial score (nSPS) is 16.9. The van der Waals surface area contributed by atoms with Gasteiger partial charge in [-0.15, -0.1) is 0 Å². The summed E-state index contributed by atoms with van der Waals surface area (Å²) in [5, 5.41) is 2.60. The highest BCUT2D eigenvalue weighted by Crippen LogP contribution is 2.49. The summed E-state index contributed by atoms with van der Waals surface area (Å²) < 4.78 is 49.5. The maximum Gasteiger partial charge on any atom is 0.406 e. The molecule has 0 unspecified atom stereocenters. The summed E-state index contributed by atoms with van der Waals surface area (Å²) in [6, 6.07) is 3.39. The third-order valence-electron chi connectivity index (χ3n) is 3.42. The molecule has 2 rings (SSSR count). The molecular formula is C13H15BrF3NO2. The van der Waals surface area contributed by atoms with E-state index >= 15 is 0 Å². The maximum absolute atomic E-state index is 12.8. The standard InChI is InChI=1S/C13H15BrF3NO2/c1-19-10-6-8(5-9(14)11(10)20-2)7-18-12(3-4-12)13(15,16)17/h5-6,18H,3-4,7H2,1-2H3. The molecule has 0 aromatic heterocycles. The molecule has 112 valence electrons. The van der Waals surface area contributed by atoms with Crippen molar-refractivity contribution >= 4 is 15.9 Å². The van der Waals surface area contributed by atoms with Crippen LogP contribution in [-0.4, -0.2) is 25.9 Å². The van der Waals surface area contributed by atoms with Crippen LogP contribution in [0.4, 0.5) is 13.2 Å². The highest BCUT2D eigenvalue weighted by Gasteiger charge is 2.62. The fraction of sp³-hybridized carbons (Fsp3) is 0.538. The second-order valence-corrected chi connectivity index (χ2v) is 5.60. The Morgan fingerprint density at radius 2 is 1.90 bits per heavy atom. The Hall–Kier alpha value is -0.950. The van der Waals surface area contributed by atoms with E-state index < -0.39 is 11.7 Å². The molecule has 0 saturated heterocycles. The van der Waals surface area contributed by atoms with Gasteiger partial charge in [-0.05, 0) is 46.5 Å². The molecule has 1 N–H and O–H groups in total. The molecule has 0 amide bonds. The zero-order valence-electron chi connectivity index (χ0n) is 11.1. The molecule has 1 aliphatic carbocycles. The lowest BCUT2D eigenvalue weighted by Crippen LogP contribution is -2.44. The van der Waals surface area contributed by atoms with Crippen molar-refractivity contribution in [3.05, 3.63) is 22.2 Å². The Labute approximate surface area is 123 Å². The Morgan fingerprint density at radius 3 is 2.35 bits per heavy atom. The molecule has 7 heteroatoms. The minimum atomic E-state index is -4.21. The van der Waals surface area contributed by atoms with E-state index in [1.807, 2.05) is 0 Å². The second kappa shape index (κ2) is 5.44. The van der Waals surface area contributed by atoms with Gasteiger partial charge >= 0.3 is 6.18 Å². The van der Waals surface area contributed by atoms with Crippen LogP contribution in [0.25, 0.3) is 0 Å². The van der Waals surface area contributed by atoms with E-state index in [0.717, 1.165) is 0 Å². The van der Waals surface area contributed by atoms with Gasteiger partial charge in [-0.2, -0.15) is 13.2 Å². The van der Waals surface area contributed by atoms with Crippen LogP contribution < -0.4 is 14.8 Å². The molecule has 0 atom stereocenters. The SMILES string of the molecule is COc1cc(CNC2(C(F)(F)F)CC2)cc(Br)c1OC. The van der Waals surface area contributed by atoms with Gasteiger partial charge in [-0.25, -0.2) is 0 Å². The van der Waals surface area contributed by atoms with E-state index in [9.17, 15) is 13.2 Å². The first-order valence-corrected chi connectivity index (χ1v) is 6.84. The first kappa shape index (κ1) is 15.4. The summed E-state index contributed by atoms with van der Waals surface area (Å²) >= 11 is 3.32. The molecule has 0 aliphatic heterocycles. The molecule has 0 spiro atoms. The Morgan fingerprint density at radius 1 is 1.25 bits per heavy atom. The summed E-state index contributed by atoms with van der Waals surface area (Å²) in [5.74, 6) is 1.00. The van der Waals surface area contributed by atoms with Crippen molar-refractivity contribution in [1.82, 2.24) is 5.32 Å². The van der Waals surface area contributed by atoms with Crippen molar-refractivity contribution in [2.24, 2.45) is 0 Å². The molecule has 0 radical (unpaired) electrons. The van der Waals surface area contributed by atoms with Crippen molar-refractivity contribution in [2.75, 3.05) is 14.2 Å². The first-order chi connectivity index (χ1) is 9.33. The number of ether oxygens (including phenoxy) is 2. The van der Waals surface area contributed by atoms with Crippen LogP contribution in [0.15, 0.2) is 16.6 Å². The molecule has 20 heavy (non-hydrogen) atoms. The predicted molar refractivity (Wildman–Crippen MR) is 72.1 cm³/mol. The van der Waals surface area contributed by atoms with Gasteiger partial charge in [0.25, 0.3) is 0 Å². The number of benzene rings is 1. The lowest BCUT2D eigenvalue weighted by Gasteiger charge is -2.21. The minimum absolute atomic E-state index is 0.123. The summed E-state index contributed by atoms with van der Waals surface area (Å²) in [6.07, 6.45) is -3.95. The van der Waals surface area contributed by atoms with Crippen molar-refractivity contribution in [1.29, 1.82) is 0 Å². The van der Waals surface area contributed by atoms with Crippen LogP contribution in [0.2, 0.25) is 0 Å². The van der Waals surface area contributed by atoms with Gasteiger partial charge in [-0.3, -0.25) is 5.32 Å². The van der Waals surface area contributed by atoms with Crippen molar-refractivity contribution in [3.63, 3.8) is 0 Å². The van der Waals surface area contributed by atoms with Gasteiger partial charge in [0, 0.05) is 6.54 Å². The second-order valence-electron chi connectivity index (χ2n) is 4.75. The van der Waals surface area contributed by atoms with Crippen LogP contribution in [0, 0.1) is 0 Å². The third kappa shape index (κ3) is 2.88. The lowest BCUT2D eigenvalue weighted by molar-refractivity contribution is -0.166. The maximum atomic E-state index is 12.8. The Bertz CT molecular complexity index is 501. The van der Waals surface area contributed by atoms with Crippen LogP contribution in [0.5, 0.6) is 11.5 Å². The van der Waals surface area contributed by atoms with Crippen LogP contribution in [-0.2, 0) is 6.54 Å². The van der Waals surface area contributed by atoms with E-state index in [1.54, 1.807) is 12.1 Å². The van der Waals surface area contributed by atoms with Gasteiger partial charge in [0.15, 0.2) is 11.5 Å². The predicted octanol–water partition coefficient (Wildman–Crippen LogP) is 3.65. The van der Waals surface area contributed by atoms with E-state index in [0.29, 0.717) is 21.5 Å². The Kier molecular flexibility index (Phi) is 4.20.